The zero-order chi connectivity index (χ0) is 17.6. The Balaban J connectivity index is 1.62. The minimum atomic E-state index is -0.0203. The van der Waals surface area contributed by atoms with Crippen LogP contribution in [0, 0.1) is 0 Å². The number of likely N-dealkylation sites (N-methyl/N-ethyl adjacent to an activating group) is 1. The van der Waals surface area contributed by atoms with Crippen LogP contribution in [0.5, 0.6) is 5.75 Å². The summed E-state index contributed by atoms with van der Waals surface area (Å²) in [6.45, 7) is 5.07. The van der Waals surface area contributed by atoms with E-state index in [1.54, 1.807) is 13.3 Å². The average Bonchev–Trinajstić information content (AvgIpc) is 3.14. The first-order chi connectivity index (χ1) is 12.2. The predicted molar refractivity (Wildman–Crippen MR) is 98.8 cm³/mol. The number of amides is 1. The molecule has 2 heterocycles. The number of carbonyl (C=O) groups is 1. The third-order valence-corrected chi connectivity index (χ3v) is 4.81. The molecule has 1 saturated heterocycles. The maximum Gasteiger partial charge on any atom is 0.251 e. The molecule has 2 aromatic rings. The second-order valence-corrected chi connectivity index (χ2v) is 6.29. The van der Waals surface area contributed by atoms with Crippen molar-refractivity contribution in [2.75, 3.05) is 26.7 Å². The molecule has 0 bridgehead atoms. The van der Waals surface area contributed by atoms with Crippen LogP contribution in [0.15, 0.2) is 42.6 Å². The standard InChI is InChI=1S/C20H25N3O2/c1-3-23-12-4-5-17(23)14-22-20(24)16-8-6-15(7-9-16)19-13-18(25-2)10-11-21-19/h6-11,13,17H,3-5,12,14H2,1-2H3,(H,22,24)/t17-/m1/s1. The van der Waals surface area contributed by atoms with Crippen molar-refractivity contribution < 1.29 is 9.53 Å². The number of methoxy groups -OCH3 is 1. The Morgan fingerprint density at radius 2 is 2.12 bits per heavy atom. The van der Waals surface area contributed by atoms with E-state index in [-0.39, 0.29) is 5.91 Å². The first-order valence-corrected chi connectivity index (χ1v) is 8.84. The van der Waals surface area contributed by atoms with Crippen molar-refractivity contribution in [3.8, 4) is 17.0 Å². The van der Waals surface area contributed by atoms with Gasteiger partial charge >= 0.3 is 0 Å². The van der Waals surface area contributed by atoms with Crippen LogP contribution in [0.25, 0.3) is 11.3 Å². The fourth-order valence-electron chi connectivity index (χ4n) is 3.34. The fourth-order valence-corrected chi connectivity index (χ4v) is 3.34. The van der Waals surface area contributed by atoms with Gasteiger partial charge in [-0.3, -0.25) is 14.7 Å². The molecule has 1 aromatic heterocycles. The zero-order valence-corrected chi connectivity index (χ0v) is 14.9. The Morgan fingerprint density at radius 3 is 2.84 bits per heavy atom. The summed E-state index contributed by atoms with van der Waals surface area (Å²) in [6.07, 6.45) is 4.10. The smallest absolute Gasteiger partial charge is 0.251 e. The summed E-state index contributed by atoms with van der Waals surface area (Å²) in [7, 11) is 1.64. The van der Waals surface area contributed by atoms with E-state index >= 15 is 0 Å². The number of hydrogen-bond donors (Lipinski definition) is 1. The van der Waals surface area contributed by atoms with Crippen molar-refractivity contribution in [1.82, 2.24) is 15.2 Å². The van der Waals surface area contributed by atoms with E-state index < -0.39 is 0 Å². The summed E-state index contributed by atoms with van der Waals surface area (Å²) in [5, 5.41) is 3.07. The lowest BCUT2D eigenvalue weighted by atomic mass is 10.1. The number of hydrogen-bond acceptors (Lipinski definition) is 4. The maximum atomic E-state index is 12.4. The largest absolute Gasteiger partial charge is 0.497 e. The summed E-state index contributed by atoms with van der Waals surface area (Å²) >= 11 is 0. The average molecular weight is 339 g/mol. The Bertz CT molecular complexity index is 715. The van der Waals surface area contributed by atoms with Gasteiger partial charge in [-0.15, -0.1) is 0 Å². The Labute approximate surface area is 149 Å². The number of aromatic nitrogens is 1. The Kier molecular flexibility index (Phi) is 5.66. The minimum absolute atomic E-state index is 0.0203. The quantitative estimate of drug-likeness (QED) is 0.879. The third-order valence-electron chi connectivity index (χ3n) is 4.81. The lowest BCUT2D eigenvalue weighted by Crippen LogP contribution is -2.40. The number of nitrogens with one attached hydrogen (secondary N) is 1. The molecule has 1 aromatic carbocycles. The predicted octanol–water partition coefficient (Wildman–Crippen LogP) is 2.97. The van der Waals surface area contributed by atoms with Crippen LogP contribution in [-0.2, 0) is 0 Å². The van der Waals surface area contributed by atoms with Crippen molar-refractivity contribution in [1.29, 1.82) is 0 Å². The van der Waals surface area contributed by atoms with Gasteiger partial charge in [0.2, 0.25) is 0 Å². The van der Waals surface area contributed by atoms with E-state index in [1.807, 2.05) is 36.4 Å². The third kappa shape index (κ3) is 4.17. The minimum Gasteiger partial charge on any atom is -0.497 e. The molecule has 1 aliphatic rings. The summed E-state index contributed by atoms with van der Waals surface area (Å²) in [6, 6.07) is 11.7. The number of benzene rings is 1. The monoisotopic (exact) mass is 339 g/mol. The van der Waals surface area contributed by atoms with Crippen molar-refractivity contribution in [2.24, 2.45) is 0 Å². The van der Waals surface area contributed by atoms with Crippen LogP contribution < -0.4 is 10.1 Å². The van der Waals surface area contributed by atoms with Gasteiger partial charge in [-0.2, -0.15) is 0 Å². The van der Waals surface area contributed by atoms with Gasteiger partial charge < -0.3 is 10.1 Å². The molecule has 132 valence electrons. The number of pyridine rings is 1. The molecule has 0 saturated carbocycles. The molecule has 1 fully saturated rings. The first kappa shape index (κ1) is 17.4. The van der Waals surface area contributed by atoms with Crippen LogP contribution >= 0.6 is 0 Å². The first-order valence-electron chi connectivity index (χ1n) is 8.84. The van der Waals surface area contributed by atoms with Gasteiger partial charge in [0.15, 0.2) is 0 Å². The second kappa shape index (κ2) is 8.12. The molecule has 0 aliphatic carbocycles. The topological polar surface area (TPSA) is 54.5 Å². The van der Waals surface area contributed by atoms with Crippen LogP contribution in [0.4, 0.5) is 0 Å². The molecule has 1 N–H and O–H groups in total. The summed E-state index contributed by atoms with van der Waals surface area (Å²) in [4.78, 5) is 19.2. The van der Waals surface area contributed by atoms with E-state index in [1.165, 1.54) is 6.42 Å². The molecule has 0 radical (unpaired) electrons. The zero-order valence-electron chi connectivity index (χ0n) is 14.9. The number of ether oxygens (including phenoxy) is 1. The number of rotatable bonds is 6. The fraction of sp³-hybridized carbons (Fsp3) is 0.400. The second-order valence-electron chi connectivity index (χ2n) is 6.29. The van der Waals surface area contributed by atoms with Gasteiger partial charge in [-0.1, -0.05) is 19.1 Å². The summed E-state index contributed by atoms with van der Waals surface area (Å²) < 4.78 is 5.23. The van der Waals surface area contributed by atoms with Gasteiger partial charge in [-0.05, 0) is 44.1 Å². The van der Waals surface area contributed by atoms with E-state index in [0.717, 1.165) is 36.5 Å². The van der Waals surface area contributed by atoms with Crippen molar-refractivity contribution in [2.45, 2.75) is 25.8 Å². The van der Waals surface area contributed by atoms with Crippen molar-refractivity contribution in [3.05, 3.63) is 48.2 Å². The van der Waals surface area contributed by atoms with E-state index in [9.17, 15) is 4.79 Å². The molecular formula is C20H25N3O2. The van der Waals surface area contributed by atoms with Crippen LogP contribution in [0.2, 0.25) is 0 Å². The molecule has 1 amide bonds. The summed E-state index contributed by atoms with van der Waals surface area (Å²) in [5.41, 5.74) is 2.46. The lowest BCUT2D eigenvalue weighted by Gasteiger charge is -2.22. The molecular weight excluding hydrogens is 314 g/mol. The molecule has 3 rings (SSSR count). The Hall–Kier alpha value is -2.40. The number of carbonyl (C=O) groups excluding carboxylic acids is 1. The highest BCUT2D eigenvalue weighted by atomic mass is 16.5. The molecule has 25 heavy (non-hydrogen) atoms. The lowest BCUT2D eigenvalue weighted by molar-refractivity contribution is 0.0941. The van der Waals surface area contributed by atoms with Crippen LogP contribution in [0.1, 0.15) is 30.1 Å². The highest BCUT2D eigenvalue weighted by molar-refractivity contribution is 5.94. The van der Waals surface area contributed by atoms with E-state index in [2.05, 4.69) is 22.1 Å². The van der Waals surface area contributed by atoms with Gasteiger partial charge in [-0.25, -0.2) is 0 Å². The highest BCUT2D eigenvalue weighted by Crippen LogP contribution is 2.21. The Morgan fingerprint density at radius 1 is 1.32 bits per heavy atom. The number of nitrogens with zero attached hydrogens (tertiary/aromatic N) is 2. The van der Waals surface area contributed by atoms with Crippen LogP contribution in [-0.4, -0.2) is 48.6 Å². The van der Waals surface area contributed by atoms with Gasteiger partial charge in [0.1, 0.15) is 5.75 Å². The maximum absolute atomic E-state index is 12.4. The molecule has 1 aliphatic heterocycles. The molecule has 1 atom stereocenters. The molecule has 5 nitrogen and oxygen atoms in total. The van der Waals surface area contributed by atoms with Crippen LogP contribution in [0.3, 0.4) is 0 Å². The van der Waals surface area contributed by atoms with Gasteiger partial charge in [0, 0.05) is 36.0 Å². The van der Waals surface area contributed by atoms with E-state index in [4.69, 9.17) is 4.74 Å². The number of likely N-dealkylation sites (tertiary alicyclic amines) is 1. The summed E-state index contributed by atoms with van der Waals surface area (Å²) in [5.74, 6) is 0.747. The molecule has 0 unspecified atom stereocenters. The van der Waals surface area contributed by atoms with Gasteiger partial charge in [0.05, 0.1) is 12.8 Å². The van der Waals surface area contributed by atoms with E-state index in [0.29, 0.717) is 18.2 Å². The van der Waals surface area contributed by atoms with Gasteiger partial charge in [0.25, 0.3) is 5.91 Å². The highest BCUT2D eigenvalue weighted by Gasteiger charge is 2.23. The SMILES string of the molecule is CCN1CCC[C@@H]1CNC(=O)c1ccc(-c2cc(OC)ccn2)cc1. The van der Waals surface area contributed by atoms with Crippen molar-refractivity contribution >= 4 is 5.91 Å². The molecule has 5 heteroatoms. The van der Waals surface area contributed by atoms with Crippen molar-refractivity contribution in [3.63, 3.8) is 0 Å². The molecule has 0 spiro atoms. The normalized spacial score (nSPS) is 17.4.